The van der Waals surface area contributed by atoms with Gasteiger partial charge in [-0.05, 0) is 0 Å². The third-order valence-corrected chi connectivity index (χ3v) is 5.01. The van der Waals surface area contributed by atoms with Gasteiger partial charge in [0.2, 0.25) is 0 Å². The van der Waals surface area contributed by atoms with E-state index in [9.17, 15) is 0 Å². The van der Waals surface area contributed by atoms with Gasteiger partial charge in [0.15, 0.2) is 0 Å². The topological polar surface area (TPSA) is 0 Å². The molecule has 0 aliphatic heterocycles. The Bertz CT molecular complexity index is 224. The SMILES string of the molecule is Clc1cccc(I(Cl)Cl)c1. The number of rotatable bonds is 1. The molecule has 1 aromatic carbocycles. The summed E-state index contributed by atoms with van der Waals surface area (Å²) >= 11 is 3.84. The Labute approximate surface area is 79.3 Å². The molecule has 0 aromatic heterocycles. The van der Waals surface area contributed by atoms with Crippen LogP contribution in [-0.2, 0) is 0 Å². The van der Waals surface area contributed by atoms with Crippen LogP contribution < -0.4 is 0 Å². The molecule has 0 saturated heterocycles. The first-order valence-corrected chi connectivity index (χ1v) is 9.41. The molecule has 0 bridgehead atoms. The molecule has 0 fully saturated rings. The van der Waals surface area contributed by atoms with E-state index < -0.39 is 17.6 Å². The Kier molecular flexibility index (Phi) is 3.56. The van der Waals surface area contributed by atoms with E-state index in [0.29, 0.717) is 5.02 Å². The molecule has 4 heteroatoms. The molecule has 1 aromatic rings. The third kappa shape index (κ3) is 2.46. The Hall–Kier alpha value is 0.820. The number of hydrogen-bond donors (Lipinski definition) is 0. The predicted molar refractivity (Wildman–Crippen MR) is 55.9 cm³/mol. The third-order valence-electron chi connectivity index (χ3n) is 0.952. The molecule has 56 valence electrons. The Morgan fingerprint density at radius 1 is 1.20 bits per heavy atom. The van der Waals surface area contributed by atoms with E-state index in [2.05, 4.69) is 0 Å². The van der Waals surface area contributed by atoms with Crippen LogP contribution in [0.2, 0.25) is 5.02 Å². The van der Waals surface area contributed by atoms with Crippen LogP contribution in [0.15, 0.2) is 24.3 Å². The van der Waals surface area contributed by atoms with E-state index in [-0.39, 0.29) is 0 Å². The zero-order valence-corrected chi connectivity index (χ0v) is 9.25. The van der Waals surface area contributed by atoms with Gasteiger partial charge in [0.25, 0.3) is 0 Å². The van der Waals surface area contributed by atoms with Crippen molar-refractivity contribution in [2.45, 2.75) is 0 Å². The van der Waals surface area contributed by atoms with Crippen molar-refractivity contribution >= 4 is 47.0 Å². The summed E-state index contributed by atoms with van der Waals surface area (Å²) in [7, 11) is 11.5. The van der Waals surface area contributed by atoms with E-state index in [1.54, 1.807) is 6.07 Å². The molecule has 0 atom stereocenters. The van der Waals surface area contributed by atoms with E-state index >= 15 is 0 Å². The van der Waals surface area contributed by atoms with E-state index in [0.717, 1.165) is 3.57 Å². The monoisotopic (exact) mass is 308 g/mol. The fourth-order valence-electron chi connectivity index (χ4n) is 0.549. The summed E-state index contributed by atoms with van der Waals surface area (Å²) in [6.07, 6.45) is 0. The van der Waals surface area contributed by atoms with Crippen LogP contribution in [0.1, 0.15) is 0 Å². The zero-order valence-electron chi connectivity index (χ0n) is 4.82. The Morgan fingerprint density at radius 2 is 1.90 bits per heavy atom. The van der Waals surface area contributed by atoms with Crippen molar-refractivity contribution in [3.63, 3.8) is 0 Å². The summed E-state index contributed by atoms with van der Waals surface area (Å²) in [5, 5.41) is 0.695. The van der Waals surface area contributed by atoms with Crippen LogP contribution in [0.4, 0.5) is 0 Å². The second-order valence-corrected chi connectivity index (χ2v) is 9.26. The molecule has 10 heavy (non-hydrogen) atoms. The van der Waals surface area contributed by atoms with Gasteiger partial charge in [-0.1, -0.05) is 0 Å². The normalized spacial score (nSPS) is 11.3. The quantitative estimate of drug-likeness (QED) is 0.678. The van der Waals surface area contributed by atoms with Crippen LogP contribution in [0, 0.1) is 3.57 Å². The van der Waals surface area contributed by atoms with Crippen LogP contribution in [0.25, 0.3) is 0 Å². The molecular formula is C6H4Cl3I. The van der Waals surface area contributed by atoms with Crippen molar-refractivity contribution in [1.29, 1.82) is 0 Å². The van der Waals surface area contributed by atoms with Gasteiger partial charge in [-0.25, -0.2) is 0 Å². The second-order valence-electron chi connectivity index (χ2n) is 1.64. The molecule has 0 N–H and O–H groups in total. The van der Waals surface area contributed by atoms with Crippen molar-refractivity contribution in [3.05, 3.63) is 32.9 Å². The van der Waals surface area contributed by atoms with E-state index in [1.807, 2.05) is 18.2 Å². The van der Waals surface area contributed by atoms with Gasteiger partial charge in [-0.15, -0.1) is 0 Å². The molecular weight excluding hydrogens is 305 g/mol. The van der Waals surface area contributed by atoms with Crippen molar-refractivity contribution in [2.75, 3.05) is 0 Å². The first-order valence-electron chi connectivity index (χ1n) is 2.49. The number of halogens is 4. The average molecular weight is 309 g/mol. The van der Waals surface area contributed by atoms with Crippen molar-refractivity contribution < 1.29 is 0 Å². The molecule has 0 radical (unpaired) electrons. The van der Waals surface area contributed by atoms with Gasteiger partial charge >= 0.3 is 79.8 Å². The van der Waals surface area contributed by atoms with Gasteiger partial charge in [0.1, 0.15) is 0 Å². The van der Waals surface area contributed by atoms with Crippen LogP contribution in [-0.4, -0.2) is 0 Å². The minimum atomic E-state index is -1.85. The summed E-state index contributed by atoms with van der Waals surface area (Å²) in [4.78, 5) is 0. The van der Waals surface area contributed by atoms with E-state index in [1.165, 1.54) is 0 Å². The van der Waals surface area contributed by atoms with Crippen LogP contribution in [0.3, 0.4) is 0 Å². The van der Waals surface area contributed by atoms with Crippen molar-refractivity contribution in [2.24, 2.45) is 0 Å². The van der Waals surface area contributed by atoms with Gasteiger partial charge in [0.05, 0.1) is 0 Å². The Balaban J connectivity index is 2.96. The summed E-state index contributed by atoms with van der Waals surface area (Å²) in [5.41, 5.74) is 0. The van der Waals surface area contributed by atoms with Gasteiger partial charge in [-0.2, -0.15) is 0 Å². The number of benzene rings is 1. The van der Waals surface area contributed by atoms with Crippen molar-refractivity contribution in [3.8, 4) is 0 Å². The molecule has 0 saturated carbocycles. The first kappa shape index (κ1) is 8.91. The molecule has 0 heterocycles. The van der Waals surface area contributed by atoms with Gasteiger partial charge < -0.3 is 0 Å². The maximum absolute atomic E-state index is 5.74. The minimum absolute atomic E-state index is 0.695. The zero-order chi connectivity index (χ0) is 7.56. The maximum atomic E-state index is 5.74. The molecule has 0 nitrogen and oxygen atoms in total. The molecule has 0 aliphatic rings. The van der Waals surface area contributed by atoms with Gasteiger partial charge in [-0.3, -0.25) is 0 Å². The first-order chi connectivity index (χ1) is 4.70. The van der Waals surface area contributed by atoms with Crippen LogP contribution in [0.5, 0.6) is 0 Å². The summed E-state index contributed by atoms with van der Waals surface area (Å²) in [6.45, 7) is 0. The van der Waals surface area contributed by atoms with E-state index in [4.69, 9.17) is 29.4 Å². The summed E-state index contributed by atoms with van der Waals surface area (Å²) in [5.74, 6) is 0. The molecule has 0 aliphatic carbocycles. The fourth-order valence-corrected chi connectivity index (χ4v) is 3.17. The number of hydrogen-bond acceptors (Lipinski definition) is 0. The molecule has 0 amide bonds. The molecule has 0 spiro atoms. The van der Waals surface area contributed by atoms with Crippen molar-refractivity contribution in [1.82, 2.24) is 0 Å². The van der Waals surface area contributed by atoms with Crippen LogP contribution >= 0.6 is 47.0 Å². The standard InChI is InChI=1S/C6H4Cl3I/c7-5-2-1-3-6(4-5)10(8)9/h1-4H. The van der Waals surface area contributed by atoms with Gasteiger partial charge in [0, 0.05) is 0 Å². The fraction of sp³-hybridized carbons (Fsp3) is 0. The molecule has 1 rings (SSSR count). The summed E-state index contributed by atoms with van der Waals surface area (Å²) < 4.78 is 0.986. The molecule has 0 unspecified atom stereocenters. The predicted octanol–water partition coefficient (Wildman–Crippen LogP) is 4.32. The average Bonchev–Trinajstić information content (AvgIpc) is 1.88. The summed E-state index contributed by atoms with van der Waals surface area (Å²) in [6, 6.07) is 7.37. The second kappa shape index (κ2) is 4.00. The Morgan fingerprint density at radius 3 is 2.30 bits per heavy atom.